The third kappa shape index (κ3) is 2.75. The second kappa shape index (κ2) is 6.31. The van der Waals surface area contributed by atoms with E-state index < -0.39 is 0 Å². The highest BCUT2D eigenvalue weighted by molar-refractivity contribution is 5.93. The van der Waals surface area contributed by atoms with Gasteiger partial charge in [-0.05, 0) is 18.9 Å². The molecule has 8 heteroatoms. The number of hydrogen-bond acceptors (Lipinski definition) is 6. The summed E-state index contributed by atoms with van der Waals surface area (Å²) in [7, 11) is 0. The summed E-state index contributed by atoms with van der Waals surface area (Å²) in [5.74, 6) is 1.34. The van der Waals surface area contributed by atoms with Gasteiger partial charge in [0.25, 0.3) is 5.91 Å². The molecule has 0 saturated carbocycles. The molecule has 0 bridgehead atoms. The van der Waals surface area contributed by atoms with E-state index >= 15 is 0 Å². The first kappa shape index (κ1) is 15.7. The van der Waals surface area contributed by atoms with Crippen molar-refractivity contribution in [2.24, 2.45) is 0 Å². The predicted octanol–water partition coefficient (Wildman–Crippen LogP) is 2.76. The Hall–Kier alpha value is -3.55. The molecule has 134 valence electrons. The van der Waals surface area contributed by atoms with Crippen LogP contribution in [0.3, 0.4) is 0 Å². The molecular weight excluding hydrogens is 344 g/mol. The van der Waals surface area contributed by atoms with E-state index in [2.05, 4.69) is 20.1 Å². The number of imidazole rings is 1. The largest absolute Gasteiger partial charge is 0.337 e. The standard InChI is InChI=1S/C19H16N6O2/c26-18(14-12-24-10-5-9-20-19(24)21-14)25-11-4-8-15(25)17-22-16(23-27-17)13-6-2-1-3-7-13/h1-3,5-7,9-10,12,15H,4,8,11H2. The Kier molecular flexibility index (Phi) is 3.67. The van der Waals surface area contributed by atoms with Gasteiger partial charge in [-0.15, -0.1) is 0 Å². The van der Waals surface area contributed by atoms with E-state index in [9.17, 15) is 4.79 Å². The predicted molar refractivity (Wildman–Crippen MR) is 95.7 cm³/mol. The molecule has 3 aromatic heterocycles. The summed E-state index contributed by atoms with van der Waals surface area (Å²) in [5, 5.41) is 4.08. The third-order valence-corrected chi connectivity index (χ3v) is 4.73. The first-order valence-electron chi connectivity index (χ1n) is 8.79. The molecule has 8 nitrogen and oxygen atoms in total. The Morgan fingerprint density at radius 2 is 2.04 bits per heavy atom. The number of likely N-dealkylation sites (tertiary alicyclic amines) is 1. The van der Waals surface area contributed by atoms with Gasteiger partial charge in [0.2, 0.25) is 17.5 Å². The second-order valence-corrected chi connectivity index (χ2v) is 6.43. The Labute approximate surface area is 154 Å². The summed E-state index contributed by atoms with van der Waals surface area (Å²) < 4.78 is 7.22. The van der Waals surface area contributed by atoms with Crippen LogP contribution in [0.5, 0.6) is 0 Å². The van der Waals surface area contributed by atoms with Crippen molar-refractivity contribution in [3.63, 3.8) is 0 Å². The quantitative estimate of drug-likeness (QED) is 0.558. The lowest BCUT2D eigenvalue weighted by Crippen LogP contribution is -2.31. The molecule has 1 aliphatic heterocycles. The monoisotopic (exact) mass is 360 g/mol. The lowest BCUT2D eigenvalue weighted by molar-refractivity contribution is 0.0705. The van der Waals surface area contributed by atoms with Gasteiger partial charge in [0.1, 0.15) is 11.7 Å². The van der Waals surface area contributed by atoms with Crippen molar-refractivity contribution in [2.75, 3.05) is 6.54 Å². The number of fused-ring (bicyclic) bond motifs is 1. The summed E-state index contributed by atoms with van der Waals surface area (Å²) >= 11 is 0. The van der Waals surface area contributed by atoms with Crippen LogP contribution in [-0.2, 0) is 0 Å². The van der Waals surface area contributed by atoms with Crippen molar-refractivity contribution in [3.05, 3.63) is 66.6 Å². The summed E-state index contributed by atoms with van der Waals surface area (Å²) in [6, 6.07) is 11.2. The molecule has 27 heavy (non-hydrogen) atoms. The Bertz CT molecular complexity index is 1070. The molecular formula is C19H16N6O2. The number of nitrogens with zero attached hydrogens (tertiary/aromatic N) is 6. The molecule has 1 amide bonds. The zero-order valence-electron chi connectivity index (χ0n) is 14.4. The molecule has 1 atom stereocenters. The lowest BCUT2D eigenvalue weighted by atomic mass is 10.2. The minimum absolute atomic E-state index is 0.150. The molecule has 1 saturated heterocycles. The molecule has 1 unspecified atom stereocenters. The van der Waals surface area contributed by atoms with Crippen molar-refractivity contribution in [3.8, 4) is 11.4 Å². The van der Waals surface area contributed by atoms with Gasteiger partial charge in [0, 0.05) is 30.7 Å². The number of carbonyl (C=O) groups is 1. The van der Waals surface area contributed by atoms with Gasteiger partial charge < -0.3 is 9.42 Å². The summed E-state index contributed by atoms with van der Waals surface area (Å²) in [6.45, 7) is 0.633. The highest BCUT2D eigenvalue weighted by Gasteiger charge is 2.35. The van der Waals surface area contributed by atoms with Crippen LogP contribution in [0, 0.1) is 0 Å². The smallest absolute Gasteiger partial charge is 0.274 e. The zero-order chi connectivity index (χ0) is 18.2. The van der Waals surface area contributed by atoms with E-state index in [1.807, 2.05) is 36.5 Å². The van der Waals surface area contributed by atoms with Crippen molar-refractivity contribution in [1.29, 1.82) is 0 Å². The van der Waals surface area contributed by atoms with Crippen molar-refractivity contribution < 1.29 is 9.32 Å². The average Bonchev–Trinajstić information content (AvgIpc) is 3.46. The van der Waals surface area contributed by atoms with Crippen LogP contribution >= 0.6 is 0 Å². The summed E-state index contributed by atoms with van der Waals surface area (Å²) in [4.78, 5) is 27.8. The van der Waals surface area contributed by atoms with E-state index in [0.29, 0.717) is 29.7 Å². The highest BCUT2D eigenvalue weighted by atomic mass is 16.5. The molecule has 1 aromatic carbocycles. The molecule has 1 fully saturated rings. The topological polar surface area (TPSA) is 89.4 Å². The van der Waals surface area contributed by atoms with Gasteiger partial charge in [0.15, 0.2) is 0 Å². The first-order chi connectivity index (χ1) is 13.3. The average molecular weight is 360 g/mol. The van der Waals surface area contributed by atoms with Crippen LogP contribution in [0.25, 0.3) is 17.2 Å². The van der Waals surface area contributed by atoms with E-state index in [4.69, 9.17) is 4.52 Å². The molecule has 5 rings (SSSR count). The first-order valence-corrected chi connectivity index (χ1v) is 8.79. The van der Waals surface area contributed by atoms with E-state index in [1.165, 1.54) is 0 Å². The van der Waals surface area contributed by atoms with Crippen LogP contribution in [0.1, 0.15) is 35.3 Å². The minimum Gasteiger partial charge on any atom is -0.337 e. The molecule has 0 aliphatic carbocycles. The number of rotatable bonds is 3. The molecule has 0 N–H and O–H groups in total. The van der Waals surface area contributed by atoms with Crippen molar-refractivity contribution in [1.82, 2.24) is 29.4 Å². The normalized spacial score (nSPS) is 16.9. The molecule has 0 spiro atoms. The fraction of sp³-hybridized carbons (Fsp3) is 0.211. The van der Waals surface area contributed by atoms with Crippen molar-refractivity contribution in [2.45, 2.75) is 18.9 Å². The van der Waals surface area contributed by atoms with Crippen molar-refractivity contribution >= 4 is 11.7 Å². The highest BCUT2D eigenvalue weighted by Crippen LogP contribution is 2.33. The SMILES string of the molecule is O=C(c1cn2cccnc2n1)N1CCCC1c1nc(-c2ccccc2)no1. The summed E-state index contributed by atoms with van der Waals surface area (Å²) in [6.07, 6.45) is 6.83. The Morgan fingerprint density at radius 3 is 2.89 bits per heavy atom. The van der Waals surface area contributed by atoms with Gasteiger partial charge >= 0.3 is 0 Å². The maximum Gasteiger partial charge on any atom is 0.274 e. The number of hydrogen-bond donors (Lipinski definition) is 0. The Morgan fingerprint density at radius 1 is 1.15 bits per heavy atom. The maximum absolute atomic E-state index is 13.0. The number of carbonyl (C=O) groups excluding carboxylic acids is 1. The van der Waals surface area contributed by atoms with Crippen LogP contribution in [0.2, 0.25) is 0 Å². The van der Waals surface area contributed by atoms with Gasteiger partial charge in [0.05, 0.1) is 0 Å². The minimum atomic E-state index is -0.236. The van der Waals surface area contributed by atoms with E-state index in [1.54, 1.807) is 27.8 Å². The number of benzene rings is 1. The van der Waals surface area contributed by atoms with Crippen LogP contribution < -0.4 is 0 Å². The van der Waals surface area contributed by atoms with Gasteiger partial charge in [-0.25, -0.2) is 9.97 Å². The molecule has 0 radical (unpaired) electrons. The van der Waals surface area contributed by atoms with Crippen LogP contribution in [-0.4, -0.2) is 41.9 Å². The van der Waals surface area contributed by atoms with E-state index in [0.717, 1.165) is 18.4 Å². The number of aromatic nitrogens is 5. The Balaban J connectivity index is 1.43. The second-order valence-electron chi connectivity index (χ2n) is 6.43. The molecule has 4 aromatic rings. The van der Waals surface area contributed by atoms with Crippen LogP contribution in [0.4, 0.5) is 0 Å². The maximum atomic E-state index is 13.0. The fourth-order valence-corrected chi connectivity index (χ4v) is 3.42. The van der Waals surface area contributed by atoms with Crippen LogP contribution in [0.15, 0.2) is 59.5 Å². The van der Waals surface area contributed by atoms with E-state index in [-0.39, 0.29) is 11.9 Å². The van der Waals surface area contributed by atoms with Gasteiger partial charge in [-0.2, -0.15) is 4.98 Å². The fourth-order valence-electron chi connectivity index (χ4n) is 3.42. The molecule has 1 aliphatic rings. The van der Waals surface area contributed by atoms with Gasteiger partial charge in [-0.1, -0.05) is 35.5 Å². The van der Waals surface area contributed by atoms with Gasteiger partial charge in [-0.3, -0.25) is 9.20 Å². The summed E-state index contributed by atoms with van der Waals surface area (Å²) in [5.41, 5.74) is 1.25. The zero-order valence-corrected chi connectivity index (χ0v) is 14.4. The number of amides is 1. The lowest BCUT2D eigenvalue weighted by Gasteiger charge is -2.20. The third-order valence-electron chi connectivity index (χ3n) is 4.73. The molecule has 4 heterocycles.